The van der Waals surface area contributed by atoms with Crippen molar-refractivity contribution < 1.29 is 0 Å². The molecule has 0 radical (unpaired) electrons. The number of aromatic nitrogens is 4. The molecule has 1 aliphatic heterocycles. The minimum Gasteiger partial charge on any atom is -0.368 e. The monoisotopic (exact) mass is 436 g/mol. The second-order valence-electron chi connectivity index (χ2n) is 8.29. The lowest BCUT2D eigenvalue weighted by Crippen LogP contribution is -2.43. The highest BCUT2D eigenvalue weighted by molar-refractivity contribution is 7.98. The Labute approximate surface area is 186 Å². The predicted molar refractivity (Wildman–Crippen MR) is 127 cm³/mol. The van der Waals surface area contributed by atoms with Crippen molar-refractivity contribution in [3.63, 3.8) is 0 Å². The molecule has 8 nitrogen and oxygen atoms in total. The van der Waals surface area contributed by atoms with Crippen molar-refractivity contribution in [2.75, 3.05) is 41.4 Å². The van der Waals surface area contributed by atoms with Gasteiger partial charge in [-0.2, -0.15) is 4.98 Å². The van der Waals surface area contributed by atoms with Gasteiger partial charge in [0.15, 0.2) is 11.6 Å². The lowest BCUT2D eigenvalue weighted by molar-refractivity contribution is 0.500. The van der Waals surface area contributed by atoms with Crippen LogP contribution >= 0.6 is 11.8 Å². The first-order valence-corrected chi connectivity index (χ1v) is 12.1. The van der Waals surface area contributed by atoms with Crippen molar-refractivity contribution in [1.29, 1.82) is 0 Å². The van der Waals surface area contributed by atoms with Crippen LogP contribution in [0.2, 0.25) is 0 Å². The number of fused-ring (bicyclic) bond motifs is 1. The minimum atomic E-state index is 0.140. The van der Waals surface area contributed by atoms with Crippen molar-refractivity contribution in [2.45, 2.75) is 36.6 Å². The molecular formula is C22H28N8S. The van der Waals surface area contributed by atoms with E-state index in [1.807, 2.05) is 12.1 Å². The summed E-state index contributed by atoms with van der Waals surface area (Å²) >= 11 is 1.70. The SMILES string of the molecule is CSc1ccccc1Nc1nc(N2CCC[C@H](N)C2)nc2c(NCC3CC3)ncnc12. The zero-order valence-electron chi connectivity index (χ0n) is 17.7. The molecule has 0 unspecified atom stereocenters. The van der Waals surface area contributed by atoms with E-state index in [-0.39, 0.29) is 6.04 Å². The molecule has 2 fully saturated rings. The van der Waals surface area contributed by atoms with Crippen LogP contribution in [0.25, 0.3) is 11.0 Å². The second-order valence-corrected chi connectivity index (χ2v) is 9.14. The molecule has 3 heterocycles. The second kappa shape index (κ2) is 8.84. The van der Waals surface area contributed by atoms with Gasteiger partial charge in [0.05, 0.1) is 5.69 Å². The van der Waals surface area contributed by atoms with E-state index < -0.39 is 0 Å². The molecule has 4 N–H and O–H groups in total. The van der Waals surface area contributed by atoms with E-state index in [1.54, 1.807) is 18.1 Å². The van der Waals surface area contributed by atoms with E-state index >= 15 is 0 Å². The average molecular weight is 437 g/mol. The molecule has 1 saturated carbocycles. The summed E-state index contributed by atoms with van der Waals surface area (Å²) in [5.74, 6) is 2.87. The summed E-state index contributed by atoms with van der Waals surface area (Å²) in [7, 11) is 0. The van der Waals surface area contributed by atoms with Crippen LogP contribution in [0.1, 0.15) is 25.7 Å². The number of anilines is 4. The van der Waals surface area contributed by atoms with E-state index in [1.165, 1.54) is 12.8 Å². The molecule has 162 valence electrons. The van der Waals surface area contributed by atoms with Gasteiger partial charge in [-0.3, -0.25) is 0 Å². The number of nitrogens with two attached hydrogens (primary N) is 1. The van der Waals surface area contributed by atoms with Gasteiger partial charge in [0, 0.05) is 30.6 Å². The Kier molecular flexibility index (Phi) is 5.78. The van der Waals surface area contributed by atoms with Crippen LogP contribution in [0.4, 0.5) is 23.3 Å². The van der Waals surface area contributed by atoms with Crippen LogP contribution in [-0.4, -0.2) is 51.9 Å². The number of hydrogen-bond donors (Lipinski definition) is 3. The lowest BCUT2D eigenvalue weighted by atomic mass is 10.1. The molecule has 9 heteroatoms. The van der Waals surface area contributed by atoms with Gasteiger partial charge in [-0.15, -0.1) is 11.8 Å². The van der Waals surface area contributed by atoms with Gasteiger partial charge in [-0.05, 0) is 50.0 Å². The first kappa shape index (κ1) is 20.3. The molecule has 5 rings (SSSR count). The smallest absolute Gasteiger partial charge is 0.228 e. The fourth-order valence-electron chi connectivity index (χ4n) is 3.92. The number of nitrogens with one attached hydrogen (secondary N) is 2. The number of nitrogens with zero attached hydrogens (tertiary/aromatic N) is 5. The third-order valence-corrected chi connectivity index (χ3v) is 6.62. The standard InChI is InChI=1S/C22H28N8S/c1-31-17-7-3-2-6-16(17)27-21-18-19(20(26-13-25-18)24-11-14-8-9-14)28-22(29-21)30-10-4-5-15(23)12-30/h2-3,6-7,13-15H,4-5,8-12,23H2,1H3,(H,24,25,26)(H,27,28,29)/t15-/m0/s1. The highest BCUT2D eigenvalue weighted by Gasteiger charge is 2.24. The number of piperidine rings is 1. The molecule has 2 aromatic heterocycles. The Hall–Kier alpha value is -2.65. The van der Waals surface area contributed by atoms with Crippen LogP contribution in [0.15, 0.2) is 35.5 Å². The van der Waals surface area contributed by atoms with Crippen molar-refractivity contribution in [2.24, 2.45) is 11.7 Å². The molecule has 0 bridgehead atoms. The first-order valence-electron chi connectivity index (χ1n) is 10.9. The molecule has 1 aliphatic carbocycles. The summed E-state index contributed by atoms with van der Waals surface area (Å²) in [6, 6.07) is 8.36. The van der Waals surface area contributed by atoms with Crippen molar-refractivity contribution in [3.8, 4) is 0 Å². The molecule has 0 spiro atoms. The fourth-order valence-corrected chi connectivity index (χ4v) is 4.48. The van der Waals surface area contributed by atoms with E-state index in [0.717, 1.165) is 60.3 Å². The van der Waals surface area contributed by atoms with Crippen molar-refractivity contribution >= 4 is 46.1 Å². The largest absolute Gasteiger partial charge is 0.368 e. The average Bonchev–Trinajstić information content (AvgIpc) is 3.62. The van der Waals surface area contributed by atoms with Crippen LogP contribution in [-0.2, 0) is 0 Å². The van der Waals surface area contributed by atoms with Gasteiger partial charge in [-0.1, -0.05) is 12.1 Å². The van der Waals surface area contributed by atoms with Gasteiger partial charge >= 0.3 is 0 Å². The van der Waals surface area contributed by atoms with Crippen molar-refractivity contribution in [1.82, 2.24) is 19.9 Å². The van der Waals surface area contributed by atoms with Crippen LogP contribution in [0.3, 0.4) is 0 Å². The topological polar surface area (TPSA) is 105 Å². The quantitative estimate of drug-likeness (QED) is 0.479. The van der Waals surface area contributed by atoms with Crippen LogP contribution < -0.4 is 21.3 Å². The van der Waals surface area contributed by atoms with Gasteiger partial charge in [0.25, 0.3) is 0 Å². The van der Waals surface area contributed by atoms with E-state index in [4.69, 9.17) is 15.7 Å². The zero-order chi connectivity index (χ0) is 21.2. The molecule has 3 aromatic rings. The van der Waals surface area contributed by atoms with Gasteiger partial charge in [0.1, 0.15) is 17.4 Å². The van der Waals surface area contributed by atoms with E-state index in [2.05, 4.69) is 43.9 Å². The summed E-state index contributed by atoms with van der Waals surface area (Å²) in [4.78, 5) is 22.2. The third kappa shape index (κ3) is 4.52. The lowest BCUT2D eigenvalue weighted by Gasteiger charge is -2.31. The predicted octanol–water partition coefficient (Wildman–Crippen LogP) is 3.63. The van der Waals surface area contributed by atoms with E-state index in [0.29, 0.717) is 17.3 Å². The molecular weight excluding hydrogens is 408 g/mol. The summed E-state index contributed by atoms with van der Waals surface area (Å²) in [6.45, 7) is 2.57. The molecule has 31 heavy (non-hydrogen) atoms. The highest BCUT2D eigenvalue weighted by Crippen LogP contribution is 2.33. The normalized spacial score (nSPS) is 18.9. The first-order chi connectivity index (χ1) is 15.2. The summed E-state index contributed by atoms with van der Waals surface area (Å²) in [5, 5.41) is 7.00. The fraction of sp³-hybridized carbons (Fsp3) is 0.455. The number of thioether (sulfide) groups is 1. The molecule has 1 saturated heterocycles. The summed E-state index contributed by atoms with van der Waals surface area (Å²) in [6.07, 6.45) is 8.29. The maximum Gasteiger partial charge on any atom is 0.228 e. The minimum absolute atomic E-state index is 0.140. The Morgan fingerprint density at radius 3 is 2.77 bits per heavy atom. The maximum absolute atomic E-state index is 6.24. The van der Waals surface area contributed by atoms with Crippen LogP contribution in [0.5, 0.6) is 0 Å². The highest BCUT2D eigenvalue weighted by atomic mass is 32.2. The number of benzene rings is 1. The summed E-state index contributed by atoms with van der Waals surface area (Å²) in [5.41, 5.74) is 8.71. The van der Waals surface area contributed by atoms with Gasteiger partial charge in [-0.25, -0.2) is 15.0 Å². The Bertz CT molecular complexity index is 1070. The Morgan fingerprint density at radius 2 is 1.97 bits per heavy atom. The maximum atomic E-state index is 6.24. The van der Waals surface area contributed by atoms with E-state index in [9.17, 15) is 0 Å². The van der Waals surface area contributed by atoms with Crippen molar-refractivity contribution in [3.05, 3.63) is 30.6 Å². The van der Waals surface area contributed by atoms with Gasteiger partial charge < -0.3 is 21.3 Å². The summed E-state index contributed by atoms with van der Waals surface area (Å²) < 4.78 is 0. The molecule has 0 amide bonds. The molecule has 1 atom stereocenters. The number of para-hydroxylation sites is 1. The Morgan fingerprint density at radius 1 is 1.10 bits per heavy atom. The molecule has 1 aromatic carbocycles. The zero-order valence-corrected chi connectivity index (χ0v) is 18.5. The molecule has 2 aliphatic rings. The number of hydrogen-bond acceptors (Lipinski definition) is 9. The Balaban J connectivity index is 1.58. The number of rotatable bonds is 7. The third-order valence-electron chi connectivity index (χ3n) is 5.83. The van der Waals surface area contributed by atoms with Gasteiger partial charge in [0.2, 0.25) is 5.95 Å². The van der Waals surface area contributed by atoms with Crippen LogP contribution in [0, 0.1) is 5.92 Å².